The number of benzene rings is 1. The summed E-state index contributed by atoms with van der Waals surface area (Å²) in [6.07, 6.45) is 5.93. The zero-order chi connectivity index (χ0) is 25.4. The van der Waals surface area contributed by atoms with Gasteiger partial charge >= 0.3 is 0 Å². The van der Waals surface area contributed by atoms with E-state index >= 15 is 0 Å². The van der Waals surface area contributed by atoms with Crippen molar-refractivity contribution in [1.29, 1.82) is 0 Å². The van der Waals surface area contributed by atoms with E-state index in [0.717, 1.165) is 32.1 Å². The Morgan fingerprint density at radius 3 is 1.83 bits per heavy atom. The molecule has 9 nitrogen and oxygen atoms in total. The summed E-state index contributed by atoms with van der Waals surface area (Å²) in [6, 6.07) is 4.90. The van der Waals surface area contributed by atoms with E-state index in [4.69, 9.17) is 5.73 Å². The third kappa shape index (κ3) is 4.73. The Morgan fingerprint density at radius 2 is 1.26 bits per heavy atom. The van der Waals surface area contributed by atoms with Crippen LogP contribution in [0.15, 0.2) is 18.2 Å². The van der Waals surface area contributed by atoms with E-state index in [1.165, 1.54) is 13.8 Å². The molecule has 0 radical (unpaired) electrons. The number of hydrogen-bond acceptors (Lipinski definition) is 5. The number of nitrogens with two attached hydrogens (primary N) is 1. The van der Waals surface area contributed by atoms with Crippen molar-refractivity contribution in [2.45, 2.75) is 89.6 Å². The Hall–Kier alpha value is -3.10. The smallest absolute Gasteiger partial charge is 0.250 e. The predicted octanol–water partition coefficient (Wildman–Crippen LogP) is 3.07. The van der Waals surface area contributed by atoms with Crippen molar-refractivity contribution >= 4 is 40.7 Å². The van der Waals surface area contributed by atoms with Gasteiger partial charge in [0.15, 0.2) is 0 Å². The summed E-state index contributed by atoms with van der Waals surface area (Å²) in [5.41, 5.74) is 3.43. The van der Waals surface area contributed by atoms with Gasteiger partial charge in [-0.15, -0.1) is 0 Å². The average Bonchev–Trinajstić information content (AvgIpc) is 2.82. The van der Waals surface area contributed by atoms with Crippen molar-refractivity contribution in [2.75, 3.05) is 16.4 Å². The van der Waals surface area contributed by atoms with Crippen molar-refractivity contribution in [3.05, 3.63) is 18.2 Å². The third-order valence-corrected chi connectivity index (χ3v) is 8.09. The van der Waals surface area contributed by atoms with Crippen LogP contribution in [-0.2, 0) is 19.2 Å². The van der Waals surface area contributed by atoms with Gasteiger partial charge in [-0.05, 0) is 76.5 Å². The standard InChI is InChI=1S/C26H37N5O4/c1-16-9-13-26(14-10-16)23(35)29-19-15-17(27)7-8-18(19)28-22(34)25(11-5-4-6-12-25)30-20(32)24(2,3)21(33)31-26/h7-8,15-16H,4-6,9-14,27H2,1-3H3,(H,28,34)(H,29,35)(H,30,32)(H,31,33)/t16-,26+. The Balaban J connectivity index is 1.81. The zero-order valence-electron chi connectivity index (χ0n) is 20.9. The number of carbonyl (C=O) groups is 4. The summed E-state index contributed by atoms with van der Waals surface area (Å²) >= 11 is 0. The van der Waals surface area contributed by atoms with E-state index in [-0.39, 0.29) is 11.8 Å². The minimum absolute atomic E-state index is 0.359. The molecule has 1 aromatic carbocycles. The highest BCUT2D eigenvalue weighted by Crippen LogP contribution is 2.37. The van der Waals surface area contributed by atoms with Crippen molar-refractivity contribution < 1.29 is 19.2 Å². The quantitative estimate of drug-likeness (QED) is 0.285. The number of carbonyl (C=O) groups excluding carboxylic acids is 4. The number of nitrogen functional groups attached to an aromatic ring is 1. The summed E-state index contributed by atoms with van der Waals surface area (Å²) in [5, 5.41) is 11.8. The lowest BCUT2D eigenvalue weighted by atomic mass is 9.75. The van der Waals surface area contributed by atoms with Crippen LogP contribution < -0.4 is 27.0 Å². The molecule has 4 rings (SSSR count). The van der Waals surface area contributed by atoms with Gasteiger partial charge in [0.05, 0.1) is 11.4 Å². The molecule has 35 heavy (non-hydrogen) atoms. The Bertz CT molecular complexity index is 1040. The molecule has 0 unspecified atom stereocenters. The fourth-order valence-corrected chi connectivity index (χ4v) is 5.34. The average molecular weight is 484 g/mol. The van der Waals surface area contributed by atoms with Crippen LogP contribution in [0.4, 0.5) is 17.1 Å². The van der Waals surface area contributed by atoms with Crippen LogP contribution in [0.1, 0.15) is 78.6 Å². The SMILES string of the molecule is CC1(C)C(=O)NC2(CCCCC2)C(=O)Nc2ccc(N)cc2NC(=O)[C@]2(CC[C@H](C)CC2)NC1=O. The zero-order valence-corrected chi connectivity index (χ0v) is 20.9. The van der Waals surface area contributed by atoms with Crippen LogP contribution >= 0.6 is 0 Å². The molecule has 0 bridgehead atoms. The minimum Gasteiger partial charge on any atom is -0.399 e. The first-order valence-corrected chi connectivity index (χ1v) is 12.7. The second kappa shape index (κ2) is 9.17. The number of nitrogens with one attached hydrogen (secondary N) is 4. The monoisotopic (exact) mass is 483 g/mol. The van der Waals surface area contributed by atoms with Crippen molar-refractivity contribution in [1.82, 2.24) is 10.6 Å². The topological polar surface area (TPSA) is 142 Å². The highest BCUT2D eigenvalue weighted by atomic mass is 16.2. The van der Waals surface area contributed by atoms with Crippen LogP contribution in [0.3, 0.4) is 0 Å². The number of fused-ring (bicyclic) bond motifs is 1. The van der Waals surface area contributed by atoms with Crippen LogP contribution in [-0.4, -0.2) is 34.7 Å². The fourth-order valence-electron chi connectivity index (χ4n) is 5.34. The normalized spacial score (nSPS) is 28.9. The first-order chi connectivity index (χ1) is 16.5. The minimum atomic E-state index is -1.48. The number of rotatable bonds is 0. The van der Waals surface area contributed by atoms with E-state index in [0.29, 0.717) is 48.7 Å². The van der Waals surface area contributed by atoms with Gasteiger partial charge in [0.1, 0.15) is 16.5 Å². The molecule has 1 heterocycles. The van der Waals surface area contributed by atoms with Crippen molar-refractivity contribution in [2.24, 2.45) is 11.3 Å². The maximum atomic E-state index is 13.7. The van der Waals surface area contributed by atoms with E-state index in [9.17, 15) is 19.2 Å². The van der Waals surface area contributed by atoms with Crippen LogP contribution in [0, 0.1) is 11.3 Å². The highest BCUT2D eigenvalue weighted by Gasteiger charge is 2.50. The lowest BCUT2D eigenvalue weighted by Crippen LogP contribution is -2.64. The molecular formula is C26H37N5O4. The van der Waals surface area contributed by atoms with Gasteiger partial charge in [0.2, 0.25) is 23.6 Å². The largest absolute Gasteiger partial charge is 0.399 e. The lowest BCUT2D eigenvalue weighted by molar-refractivity contribution is -0.147. The maximum absolute atomic E-state index is 13.7. The molecule has 2 fully saturated rings. The van der Waals surface area contributed by atoms with Gasteiger partial charge < -0.3 is 27.0 Å². The molecular weight excluding hydrogens is 446 g/mol. The molecule has 2 aliphatic carbocycles. The molecule has 190 valence electrons. The van der Waals surface area contributed by atoms with Gasteiger partial charge in [0, 0.05) is 5.69 Å². The van der Waals surface area contributed by atoms with Gasteiger partial charge in [-0.2, -0.15) is 0 Å². The van der Waals surface area contributed by atoms with Gasteiger partial charge in [0.25, 0.3) is 0 Å². The molecule has 2 saturated carbocycles. The molecule has 4 amide bonds. The summed E-state index contributed by atoms with van der Waals surface area (Å²) in [5.74, 6) is -1.36. The summed E-state index contributed by atoms with van der Waals surface area (Å²) in [6.45, 7) is 5.20. The van der Waals surface area contributed by atoms with E-state index in [1.54, 1.807) is 18.2 Å². The third-order valence-electron chi connectivity index (χ3n) is 8.09. The summed E-state index contributed by atoms with van der Waals surface area (Å²) in [7, 11) is 0. The summed E-state index contributed by atoms with van der Waals surface area (Å²) in [4.78, 5) is 54.4. The van der Waals surface area contributed by atoms with Crippen LogP contribution in [0.5, 0.6) is 0 Å². The molecule has 3 aliphatic rings. The van der Waals surface area contributed by atoms with Crippen molar-refractivity contribution in [3.63, 3.8) is 0 Å². The van der Waals surface area contributed by atoms with Crippen LogP contribution in [0.25, 0.3) is 0 Å². The molecule has 9 heteroatoms. The molecule has 0 saturated heterocycles. The first-order valence-electron chi connectivity index (χ1n) is 12.7. The Kier molecular flexibility index (Phi) is 6.55. The molecule has 0 aromatic heterocycles. The molecule has 2 spiro atoms. The lowest BCUT2D eigenvalue weighted by Gasteiger charge is -2.41. The predicted molar refractivity (Wildman–Crippen MR) is 134 cm³/mol. The van der Waals surface area contributed by atoms with Crippen molar-refractivity contribution in [3.8, 4) is 0 Å². The molecule has 0 atom stereocenters. The van der Waals surface area contributed by atoms with E-state index in [1.807, 2.05) is 0 Å². The molecule has 1 aromatic rings. The molecule has 6 N–H and O–H groups in total. The second-order valence-electron chi connectivity index (χ2n) is 11.2. The number of hydrogen-bond donors (Lipinski definition) is 5. The van der Waals surface area contributed by atoms with Gasteiger partial charge in [-0.1, -0.05) is 26.2 Å². The second-order valence-corrected chi connectivity index (χ2v) is 11.2. The Labute approximate surface area is 206 Å². The van der Waals surface area contributed by atoms with Gasteiger partial charge in [-0.3, -0.25) is 19.2 Å². The molecule has 1 aliphatic heterocycles. The van der Waals surface area contributed by atoms with E-state index < -0.39 is 28.3 Å². The first kappa shape index (κ1) is 25.0. The number of amides is 4. The van der Waals surface area contributed by atoms with Crippen LogP contribution in [0.2, 0.25) is 0 Å². The maximum Gasteiger partial charge on any atom is 0.250 e. The Morgan fingerprint density at radius 1 is 0.743 bits per heavy atom. The van der Waals surface area contributed by atoms with E-state index in [2.05, 4.69) is 28.2 Å². The fraction of sp³-hybridized carbons (Fsp3) is 0.615. The summed E-state index contributed by atoms with van der Waals surface area (Å²) < 4.78 is 0. The number of anilines is 3. The highest BCUT2D eigenvalue weighted by molar-refractivity contribution is 6.12. The van der Waals surface area contributed by atoms with Gasteiger partial charge in [-0.25, -0.2) is 0 Å².